The standard InChI is InChI=1S/C2H2N8O3/c3-1-8(11)4-2-5-10(13)6-7(2)9(1)12/h3H2. The van der Waals surface area contributed by atoms with Crippen LogP contribution < -0.4 is 20.4 Å². The van der Waals surface area contributed by atoms with Crippen molar-refractivity contribution in [3.8, 4) is 0 Å². The third-order valence-electron chi connectivity index (χ3n) is 1.26. The van der Waals surface area contributed by atoms with E-state index in [9.17, 15) is 15.6 Å². The summed E-state index contributed by atoms with van der Waals surface area (Å²) in [5.41, 5.74) is 5.00. The van der Waals surface area contributed by atoms with Gasteiger partial charge in [-0.1, -0.05) is 0 Å². The summed E-state index contributed by atoms with van der Waals surface area (Å²) in [7, 11) is 0. The second-order valence-corrected chi connectivity index (χ2v) is 2.04. The molecule has 0 radical (unpaired) electrons. The van der Waals surface area contributed by atoms with Crippen molar-refractivity contribution in [1.82, 2.24) is 20.0 Å². The first-order chi connectivity index (χ1) is 6.09. The van der Waals surface area contributed by atoms with Gasteiger partial charge in [0.15, 0.2) is 5.21 Å². The van der Waals surface area contributed by atoms with Crippen LogP contribution in [0.25, 0.3) is 5.78 Å². The van der Waals surface area contributed by atoms with Crippen molar-refractivity contribution in [1.29, 1.82) is 0 Å². The van der Waals surface area contributed by atoms with E-state index in [2.05, 4.69) is 15.4 Å². The molecule has 0 amide bonds. The molecule has 2 N–H and O–H groups in total. The monoisotopic (exact) mass is 186 g/mol. The average molecular weight is 186 g/mol. The first-order valence-corrected chi connectivity index (χ1v) is 2.95. The Kier molecular flexibility index (Phi) is 1.12. The molecule has 0 fully saturated rings. The fraction of sp³-hybridized carbons (Fsp3) is 0. The Bertz CT molecular complexity index is 476. The molecule has 0 aliphatic carbocycles. The first kappa shape index (κ1) is 7.20. The summed E-state index contributed by atoms with van der Waals surface area (Å²) in [6, 6.07) is 0. The van der Waals surface area contributed by atoms with Gasteiger partial charge in [0.2, 0.25) is 0 Å². The van der Waals surface area contributed by atoms with Crippen LogP contribution in [0.3, 0.4) is 0 Å². The van der Waals surface area contributed by atoms with Gasteiger partial charge in [-0.3, -0.25) is 0 Å². The highest BCUT2D eigenvalue weighted by molar-refractivity contribution is 5.13. The number of nitrogen functional groups attached to an aromatic ring is 1. The van der Waals surface area contributed by atoms with E-state index in [1.165, 1.54) is 0 Å². The third kappa shape index (κ3) is 0.831. The number of tetrazole rings is 1. The van der Waals surface area contributed by atoms with E-state index in [0.29, 0.717) is 4.63 Å². The summed E-state index contributed by atoms with van der Waals surface area (Å²) in [5, 5.41) is 41.5. The van der Waals surface area contributed by atoms with Gasteiger partial charge in [-0.2, -0.15) is 0 Å². The molecule has 0 saturated heterocycles. The average Bonchev–Trinajstić information content (AvgIpc) is 2.42. The molecule has 0 bridgehead atoms. The lowest BCUT2D eigenvalue weighted by atomic mass is 11.0. The van der Waals surface area contributed by atoms with Crippen LogP contribution in [0.4, 0.5) is 5.95 Å². The maximum absolute atomic E-state index is 11.0. The van der Waals surface area contributed by atoms with Crippen molar-refractivity contribution in [3.05, 3.63) is 15.6 Å². The molecule has 0 aromatic carbocycles. The van der Waals surface area contributed by atoms with E-state index in [-0.39, 0.29) is 14.7 Å². The normalized spacial score (nSPS) is 10.8. The van der Waals surface area contributed by atoms with Gasteiger partial charge in [-0.15, -0.1) is 0 Å². The van der Waals surface area contributed by atoms with E-state index < -0.39 is 11.7 Å². The minimum absolute atomic E-state index is 0.100. The smallest absolute Gasteiger partial charge is 0.600 e. The number of fused-ring (bicyclic) bond motifs is 1. The Morgan fingerprint density at radius 2 is 1.92 bits per heavy atom. The number of aromatic nitrogens is 7. The Labute approximate surface area is 68.9 Å². The zero-order valence-corrected chi connectivity index (χ0v) is 5.93. The van der Waals surface area contributed by atoms with Gasteiger partial charge >= 0.3 is 11.7 Å². The molecular formula is C2H2N8O3. The second kappa shape index (κ2) is 2.02. The number of nitrogens with two attached hydrogens (primary N) is 1. The van der Waals surface area contributed by atoms with Gasteiger partial charge in [0, 0.05) is 10.2 Å². The molecule has 68 valence electrons. The topological polar surface area (TPSA) is 150 Å². The molecular weight excluding hydrogens is 184 g/mol. The van der Waals surface area contributed by atoms with E-state index in [0.717, 1.165) is 0 Å². The molecule has 11 nitrogen and oxygen atoms in total. The van der Waals surface area contributed by atoms with Crippen LogP contribution in [-0.4, -0.2) is 20.0 Å². The molecule has 2 heterocycles. The number of rotatable bonds is 0. The highest BCUT2D eigenvalue weighted by atomic mass is 16.6. The zero-order valence-electron chi connectivity index (χ0n) is 5.93. The summed E-state index contributed by atoms with van der Waals surface area (Å²) in [5.74, 6) is -1.19. The molecule has 0 unspecified atom stereocenters. The van der Waals surface area contributed by atoms with Gasteiger partial charge in [0.25, 0.3) is 0 Å². The summed E-state index contributed by atoms with van der Waals surface area (Å²) in [6.45, 7) is 0. The Hall–Kier alpha value is -2.46. The van der Waals surface area contributed by atoms with Gasteiger partial charge in [0.05, 0.1) is 4.85 Å². The van der Waals surface area contributed by atoms with Crippen LogP contribution in [0, 0.1) is 15.6 Å². The van der Waals surface area contributed by atoms with Gasteiger partial charge in [-0.05, 0) is 9.80 Å². The molecule has 13 heavy (non-hydrogen) atoms. The minimum Gasteiger partial charge on any atom is -0.670 e. The predicted molar refractivity (Wildman–Crippen MR) is 32.1 cm³/mol. The largest absolute Gasteiger partial charge is 0.670 e. The zero-order chi connectivity index (χ0) is 9.59. The Morgan fingerprint density at radius 3 is 2.62 bits per heavy atom. The summed E-state index contributed by atoms with van der Waals surface area (Å²) >= 11 is 0. The van der Waals surface area contributed by atoms with Crippen LogP contribution in [0.1, 0.15) is 0 Å². The van der Waals surface area contributed by atoms with Crippen molar-refractivity contribution in [3.63, 3.8) is 0 Å². The Morgan fingerprint density at radius 1 is 1.23 bits per heavy atom. The molecule has 2 aromatic heterocycles. The fourth-order valence-electron chi connectivity index (χ4n) is 0.729. The lowest BCUT2D eigenvalue weighted by molar-refractivity contribution is -0.800. The second-order valence-electron chi connectivity index (χ2n) is 2.04. The lowest BCUT2D eigenvalue weighted by Crippen LogP contribution is -2.53. The van der Waals surface area contributed by atoms with Gasteiger partial charge < -0.3 is 15.6 Å². The van der Waals surface area contributed by atoms with Crippen LogP contribution in [0.15, 0.2) is 0 Å². The van der Waals surface area contributed by atoms with E-state index in [1.807, 2.05) is 0 Å². The highest BCUT2D eigenvalue weighted by Gasteiger charge is 2.25. The van der Waals surface area contributed by atoms with Crippen LogP contribution >= 0.6 is 0 Å². The molecule has 0 atom stereocenters. The first-order valence-electron chi connectivity index (χ1n) is 2.95. The SMILES string of the molecule is Nc1[n+]([O-])nc2n[n+]([O-])nn2[n+]1[O-]. The van der Waals surface area contributed by atoms with Gasteiger partial charge in [-0.25, -0.2) is 5.73 Å². The van der Waals surface area contributed by atoms with Crippen LogP contribution in [0.2, 0.25) is 0 Å². The van der Waals surface area contributed by atoms with Crippen molar-refractivity contribution in [2.45, 2.75) is 0 Å². The minimum atomic E-state index is -0.752. The molecule has 0 saturated carbocycles. The van der Waals surface area contributed by atoms with Crippen LogP contribution in [-0.2, 0) is 0 Å². The van der Waals surface area contributed by atoms with E-state index in [4.69, 9.17) is 5.73 Å². The van der Waals surface area contributed by atoms with Crippen molar-refractivity contribution in [2.75, 3.05) is 5.73 Å². The molecule has 11 heteroatoms. The quantitative estimate of drug-likeness (QED) is 0.322. The third-order valence-corrected chi connectivity index (χ3v) is 1.26. The lowest BCUT2D eigenvalue weighted by Gasteiger charge is -1.96. The van der Waals surface area contributed by atoms with Crippen LogP contribution in [0.5, 0.6) is 0 Å². The van der Waals surface area contributed by atoms with Gasteiger partial charge in [0.1, 0.15) is 4.63 Å². The Balaban J connectivity index is 2.92. The molecule has 0 spiro atoms. The molecule has 2 aromatic rings. The maximum Gasteiger partial charge on any atom is 0.600 e. The highest BCUT2D eigenvalue weighted by Crippen LogP contribution is 1.81. The van der Waals surface area contributed by atoms with E-state index >= 15 is 0 Å². The van der Waals surface area contributed by atoms with Crippen molar-refractivity contribution < 1.29 is 14.7 Å². The molecule has 0 aliphatic rings. The molecule has 2 rings (SSSR count). The predicted octanol–water partition coefficient (Wildman–Crippen LogP) is -4.39. The number of hydrogen-bond donors (Lipinski definition) is 1. The number of nitrogens with zero attached hydrogens (tertiary/aromatic N) is 7. The van der Waals surface area contributed by atoms with Crippen molar-refractivity contribution >= 4 is 11.7 Å². The fourth-order valence-corrected chi connectivity index (χ4v) is 0.729. The molecule has 0 aliphatic heterocycles. The summed E-state index contributed by atoms with van der Waals surface area (Å²) in [4.78, 5) is -0.413. The summed E-state index contributed by atoms with van der Waals surface area (Å²) < 4.78 is 0.455. The van der Waals surface area contributed by atoms with E-state index in [1.54, 1.807) is 0 Å². The number of anilines is 1. The summed E-state index contributed by atoms with van der Waals surface area (Å²) in [6.07, 6.45) is 0. The maximum atomic E-state index is 11.0. The van der Waals surface area contributed by atoms with Crippen molar-refractivity contribution in [2.24, 2.45) is 0 Å². The number of hydrogen-bond acceptors (Lipinski definition) is 7.